The fourth-order valence-corrected chi connectivity index (χ4v) is 4.48. The summed E-state index contributed by atoms with van der Waals surface area (Å²) in [5.41, 5.74) is 2.58. The molecule has 0 heterocycles. The Balaban J connectivity index is 1.67. The van der Waals surface area contributed by atoms with Crippen molar-refractivity contribution >= 4 is 0 Å². The maximum Gasteiger partial charge on any atom is 0.142 e. The van der Waals surface area contributed by atoms with E-state index in [0.717, 1.165) is 30.7 Å². The summed E-state index contributed by atoms with van der Waals surface area (Å²) in [5, 5.41) is 0. The molecule has 0 aliphatic heterocycles. The highest BCUT2D eigenvalue weighted by atomic mass is 19.1. The quantitative estimate of drug-likeness (QED) is 0.319. The summed E-state index contributed by atoms with van der Waals surface area (Å²) in [6, 6.07) is 10.9. The Morgan fingerprint density at radius 3 is 2.10 bits per heavy atom. The molecule has 1 saturated carbocycles. The van der Waals surface area contributed by atoms with Gasteiger partial charge in [0.05, 0.1) is 5.56 Å². The second-order valence-electron chi connectivity index (χ2n) is 8.74. The van der Waals surface area contributed by atoms with Crippen molar-refractivity contribution in [3.63, 3.8) is 0 Å². The van der Waals surface area contributed by atoms with E-state index in [2.05, 4.69) is 37.8 Å². The Morgan fingerprint density at radius 1 is 0.833 bits per heavy atom. The first-order valence-electron chi connectivity index (χ1n) is 11.7. The first kappa shape index (κ1) is 22.5. The lowest BCUT2D eigenvalue weighted by Gasteiger charge is -2.25. The summed E-state index contributed by atoms with van der Waals surface area (Å²) in [4.78, 5) is 0. The standard InChI is InChI=1S/C28H34F2/c1-3-5-6-8-22-13-16-24(17-14-22)25-19-27(29)26(28(30)20-25)18-15-23-11-9-21(7-4-2)10-12-23/h13-14,16-17,19-21,23H,3-12H2,1-2H3. The minimum absolute atomic E-state index is 0.0920. The number of rotatable bonds is 7. The largest absolute Gasteiger partial charge is 0.205 e. The van der Waals surface area contributed by atoms with E-state index < -0.39 is 11.6 Å². The highest BCUT2D eigenvalue weighted by Gasteiger charge is 2.19. The highest BCUT2D eigenvalue weighted by Crippen LogP contribution is 2.31. The van der Waals surface area contributed by atoms with E-state index in [0.29, 0.717) is 5.56 Å². The first-order chi connectivity index (χ1) is 14.6. The number of hydrogen-bond donors (Lipinski definition) is 0. The van der Waals surface area contributed by atoms with Crippen molar-refractivity contribution in [3.8, 4) is 23.0 Å². The van der Waals surface area contributed by atoms with Gasteiger partial charge in [0, 0.05) is 5.92 Å². The van der Waals surface area contributed by atoms with E-state index >= 15 is 0 Å². The molecule has 0 atom stereocenters. The average Bonchev–Trinajstić information content (AvgIpc) is 2.75. The van der Waals surface area contributed by atoms with Crippen molar-refractivity contribution in [1.82, 2.24) is 0 Å². The minimum Gasteiger partial charge on any atom is -0.205 e. The third kappa shape index (κ3) is 6.18. The Bertz CT molecular complexity index is 839. The van der Waals surface area contributed by atoms with Crippen LogP contribution in [-0.4, -0.2) is 0 Å². The highest BCUT2D eigenvalue weighted by molar-refractivity contribution is 5.65. The van der Waals surface area contributed by atoms with Gasteiger partial charge in [-0.05, 0) is 73.3 Å². The molecule has 3 rings (SSSR count). The molecule has 0 amide bonds. The molecule has 0 nitrogen and oxygen atoms in total. The summed E-state index contributed by atoms with van der Waals surface area (Å²) in [5.74, 6) is 5.89. The zero-order valence-corrected chi connectivity index (χ0v) is 18.4. The predicted octanol–water partition coefficient (Wildman–Crippen LogP) is 8.32. The summed E-state index contributed by atoms with van der Waals surface area (Å²) >= 11 is 0. The molecule has 0 N–H and O–H groups in total. The van der Waals surface area contributed by atoms with Gasteiger partial charge in [0.15, 0.2) is 0 Å². The molecule has 0 radical (unpaired) electrons. The first-order valence-corrected chi connectivity index (χ1v) is 11.7. The van der Waals surface area contributed by atoms with Gasteiger partial charge in [0.1, 0.15) is 11.6 Å². The molecule has 2 aromatic carbocycles. The van der Waals surface area contributed by atoms with Crippen LogP contribution in [0.25, 0.3) is 11.1 Å². The molecule has 0 saturated heterocycles. The molecule has 1 aliphatic rings. The zero-order chi connectivity index (χ0) is 21.3. The molecule has 2 heteroatoms. The molecular weight excluding hydrogens is 374 g/mol. The molecule has 30 heavy (non-hydrogen) atoms. The lowest BCUT2D eigenvalue weighted by atomic mass is 9.80. The van der Waals surface area contributed by atoms with Crippen LogP contribution in [0.1, 0.15) is 82.8 Å². The Hall–Kier alpha value is -2.14. The van der Waals surface area contributed by atoms with Crippen molar-refractivity contribution in [3.05, 3.63) is 59.2 Å². The smallest absolute Gasteiger partial charge is 0.142 e. The van der Waals surface area contributed by atoms with Gasteiger partial charge < -0.3 is 0 Å². The lowest BCUT2D eigenvalue weighted by molar-refractivity contribution is 0.300. The molecule has 0 spiro atoms. The summed E-state index contributed by atoms with van der Waals surface area (Å²) in [6.45, 7) is 4.42. The minimum atomic E-state index is -0.566. The Kier molecular flexibility index (Phi) is 8.50. The lowest BCUT2D eigenvalue weighted by Crippen LogP contribution is -2.13. The van der Waals surface area contributed by atoms with Crippen LogP contribution in [-0.2, 0) is 6.42 Å². The van der Waals surface area contributed by atoms with Crippen LogP contribution in [0.2, 0.25) is 0 Å². The number of halogens is 2. The van der Waals surface area contributed by atoms with Gasteiger partial charge >= 0.3 is 0 Å². The van der Waals surface area contributed by atoms with Crippen molar-refractivity contribution in [1.29, 1.82) is 0 Å². The maximum absolute atomic E-state index is 14.7. The third-order valence-corrected chi connectivity index (χ3v) is 6.34. The van der Waals surface area contributed by atoms with Gasteiger partial charge in [-0.25, -0.2) is 8.78 Å². The van der Waals surface area contributed by atoms with Crippen LogP contribution in [0.3, 0.4) is 0 Å². The molecule has 0 unspecified atom stereocenters. The summed E-state index contributed by atoms with van der Waals surface area (Å²) in [6.07, 6.45) is 11.6. The summed E-state index contributed by atoms with van der Waals surface area (Å²) < 4.78 is 29.3. The second kappa shape index (κ2) is 11.3. The van der Waals surface area contributed by atoms with E-state index in [1.807, 2.05) is 12.1 Å². The van der Waals surface area contributed by atoms with Gasteiger partial charge in [-0.1, -0.05) is 75.6 Å². The number of unbranched alkanes of at least 4 members (excludes halogenated alkanes) is 2. The Morgan fingerprint density at radius 2 is 1.50 bits per heavy atom. The maximum atomic E-state index is 14.7. The van der Waals surface area contributed by atoms with Gasteiger partial charge in [-0.15, -0.1) is 0 Å². The van der Waals surface area contributed by atoms with E-state index in [1.165, 1.54) is 62.6 Å². The molecule has 0 bridgehead atoms. The van der Waals surface area contributed by atoms with Crippen molar-refractivity contribution in [2.75, 3.05) is 0 Å². The predicted molar refractivity (Wildman–Crippen MR) is 122 cm³/mol. The van der Waals surface area contributed by atoms with Gasteiger partial charge in [-0.2, -0.15) is 0 Å². The third-order valence-electron chi connectivity index (χ3n) is 6.34. The average molecular weight is 409 g/mol. The molecular formula is C28H34F2. The van der Waals surface area contributed by atoms with E-state index in [9.17, 15) is 8.78 Å². The summed E-state index contributed by atoms with van der Waals surface area (Å²) in [7, 11) is 0. The normalized spacial score (nSPS) is 18.7. The van der Waals surface area contributed by atoms with E-state index in [1.54, 1.807) is 0 Å². The fraction of sp³-hybridized carbons (Fsp3) is 0.500. The number of benzene rings is 2. The van der Waals surface area contributed by atoms with Gasteiger partial charge in [-0.3, -0.25) is 0 Å². The van der Waals surface area contributed by atoms with Crippen molar-refractivity contribution in [2.24, 2.45) is 11.8 Å². The molecule has 1 aliphatic carbocycles. The van der Waals surface area contributed by atoms with Crippen molar-refractivity contribution < 1.29 is 8.78 Å². The van der Waals surface area contributed by atoms with E-state index in [-0.39, 0.29) is 11.5 Å². The van der Waals surface area contributed by atoms with Gasteiger partial charge in [0.2, 0.25) is 0 Å². The molecule has 160 valence electrons. The Labute approximate surface area is 181 Å². The number of hydrogen-bond acceptors (Lipinski definition) is 0. The molecule has 1 fully saturated rings. The van der Waals surface area contributed by atoms with E-state index in [4.69, 9.17) is 0 Å². The monoisotopic (exact) mass is 408 g/mol. The van der Waals surface area contributed by atoms with Crippen LogP contribution in [0.15, 0.2) is 36.4 Å². The topological polar surface area (TPSA) is 0 Å². The molecule has 0 aromatic heterocycles. The fourth-order valence-electron chi connectivity index (χ4n) is 4.48. The zero-order valence-electron chi connectivity index (χ0n) is 18.4. The van der Waals surface area contributed by atoms with Crippen LogP contribution >= 0.6 is 0 Å². The SMILES string of the molecule is CCCCCc1ccc(-c2cc(F)c(C#CC3CCC(CCC)CC3)c(F)c2)cc1. The van der Waals surface area contributed by atoms with Crippen LogP contribution < -0.4 is 0 Å². The van der Waals surface area contributed by atoms with Crippen LogP contribution in [0, 0.1) is 35.3 Å². The second-order valence-corrected chi connectivity index (χ2v) is 8.74. The number of aryl methyl sites for hydroxylation is 1. The van der Waals surface area contributed by atoms with Crippen LogP contribution in [0.4, 0.5) is 8.78 Å². The van der Waals surface area contributed by atoms with Crippen molar-refractivity contribution in [2.45, 2.75) is 78.1 Å². The van der Waals surface area contributed by atoms with Gasteiger partial charge in [0.25, 0.3) is 0 Å². The van der Waals surface area contributed by atoms with Crippen LogP contribution in [0.5, 0.6) is 0 Å². The molecule has 2 aromatic rings.